The number of hydrogen-bond acceptors (Lipinski definition) is 2. The van der Waals surface area contributed by atoms with E-state index in [1.807, 2.05) is 13.8 Å². The van der Waals surface area contributed by atoms with E-state index < -0.39 is 0 Å². The Balaban J connectivity index is 2.36. The van der Waals surface area contributed by atoms with Gasteiger partial charge < -0.3 is 5.32 Å². The number of amides is 1. The van der Waals surface area contributed by atoms with Crippen LogP contribution in [0.5, 0.6) is 0 Å². The number of carbonyl (C=O) groups excluding carboxylic acids is 1. The third-order valence-corrected chi connectivity index (χ3v) is 3.59. The van der Waals surface area contributed by atoms with Crippen molar-refractivity contribution in [1.82, 2.24) is 10.6 Å². The maximum absolute atomic E-state index is 13.7. The highest BCUT2D eigenvalue weighted by molar-refractivity contribution is 5.79. The average Bonchev–Trinajstić information content (AvgIpc) is 2.32. The standard InChI is InChI=1S/C13H17FN2O/c1-7-8(2)10(4-11(14)9(7)3)12-5-16-13(17)6-15-12/h4,12,15H,5-6H2,1-3H3,(H,16,17). The fourth-order valence-corrected chi connectivity index (χ4v) is 2.18. The molecule has 0 aliphatic carbocycles. The van der Waals surface area contributed by atoms with E-state index in [4.69, 9.17) is 0 Å². The van der Waals surface area contributed by atoms with Gasteiger partial charge in [-0.05, 0) is 49.1 Å². The number of carbonyl (C=O) groups is 1. The maximum Gasteiger partial charge on any atom is 0.234 e. The number of piperazine rings is 1. The van der Waals surface area contributed by atoms with Gasteiger partial charge in [-0.1, -0.05) is 0 Å². The van der Waals surface area contributed by atoms with Gasteiger partial charge in [-0.3, -0.25) is 10.1 Å². The molecule has 1 aromatic rings. The van der Waals surface area contributed by atoms with Crippen molar-refractivity contribution in [2.24, 2.45) is 0 Å². The third-order valence-electron chi connectivity index (χ3n) is 3.59. The molecule has 1 aromatic carbocycles. The number of halogens is 1. The molecule has 0 bridgehead atoms. The van der Waals surface area contributed by atoms with Crippen molar-refractivity contribution in [1.29, 1.82) is 0 Å². The van der Waals surface area contributed by atoms with Gasteiger partial charge in [-0.25, -0.2) is 4.39 Å². The lowest BCUT2D eigenvalue weighted by Crippen LogP contribution is -2.47. The summed E-state index contributed by atoms with van der Waals surface area (Å²) in [5.74, 6) is -0.190. The van der Waals surface area contributed by atoms with Gasteiger partial charge in [0.25, 0.3) is 0 Å². The zero-order valence-corrected chi connectivity index (χ0v) is 10.4. The summed E-state index contributed by atoms with van der Waals surface area (Å²) >= 11 is 0. The minimum Gasteiger partial charge on any atom is -0.353 e. The Hall–Kier alpha value is -1.42. The molecule has 1 aliphatic rings. The van der Waals surface area contributed by atoms with E-state index in [1.165, 1.54) is 0 Å². The van der Waals surface area contributed by atoms with E-state index in [0.29, 0.717) is 18.7 Å². The highest BCUT2D eigenvalue weighted by Crippen LogP contribution is 2.25. The first kappa shape index (κ1) is 12.0. The van der Waals surface area contributed by atoms with Crippen LogP contribution in [0.4, 0.5) is 4.39 Å². The Morgan fingerprint density at radius 2 is 1.94 bits per heavy atom. The predicted octanol–water partition coefficient (Wildman–Crippen LogP) is 1.51. The van der Waals surface area contributed by atoms with Crippen LogP contribution in [0.1, 0.15) is 28.3 Å². The minimum absolute atomic E-state index is 0.00139. The molecule has 0 spiro atoms. The van der Waals surface area contributed by atoms with Gasteiger partial charge in [0, 0.05) is 6.54 Å². The molecule has 1 aliphatic heterocycles. The fraction of sp³-hybridized carbons (Fsp3) is 0.462. The number of benzene rings is 1. The molecule has 4 heteroatoms. The van der Waals surface area contributed by atoms with E-state index in [2.05, 4.69) is 10.6 Å². The summed E-state index contributed by atoms with van der Waals surface area (Å²) in [6.45, 7) is 6.52. The molecule has 0 saturated carbocycles. The van der Waals surface area contributed by atoms with Gasteiger partial charge in [0.1, 0.15) is 5.82 Å². The number of nitrogens with one attached hydrogen (secondary N) is 2. The van der Waals surface area contributed by atoms with Crippen LogP contribution >= 0.6 is 0 Å². The van der Waals surface area contributed by atoms with Gasteiger partial charge in [0.15, 0.2) is 0 Å². The van der Waals surface area contributed by atoms with Crippen LogP contribution in [-0.2, 0) is 4.79 Å². The summed E-state index contributed by atoms with van der Waals surface area (Å²) in [5.41, 5.74) is 3.72. The van der Waals surface area contributed by atoms with Crippen molar-refractivity contribution in [3.05, 3.63) is 34.1 Å². The largest absolute Gasteiger partial charge is 0.353 e. The molecule has 1 amide bonds. The van der Waals surface area contributed by atoms with E-state index in [0.717, 1.165) is 16.7 Å². The minimum atomic E-state index is -0.179. The third kappa shape index (κ3) is 2.17. The Morgan fingerprint density at radius 3 is 2.53 bits per heavy atom. The predicted molar refractivity (Wildman–Crippen MR) is 64.4 cm³/mol. The molecule has 2 rings (SSSR count). The van der Waals surface area contributed by atoms with Crippen molar-refractivity contribution in [3.63, 3.8) is 0 Å². The Kier molecular flexibility index (Phi) is 3.15. The smallest absolute Gasteiger partial charge is 0.234 e. The van der Waals surface area contributed by atoms with Crippen LogP contribution in [-0.4, -0.2) is 19.0 Å². The van der Waals surface area contributed by atoms with Gasteiger partial charge in [-0.2, -0.15) is 0 Å². The quantitative estimate of drug-likeness (QED) is 0.776. The molecule has 1 fully saturated rings. The molecule has 1 atom stereocenters. The summed E-state index contributed by atoms with van der Waals surface area (Å²) in [7, 11) is 0. The molecule has 92 valence electrons. The molecule has 0 aromatic heterocycles. The summed E-state index contributed by atoms with van der Waals surface area (Å²) in [4.78, 5) is 11.1. The normalized spacial score (nSPS) is 20.2. The van der Waals surface area contributed by atoms with Crippen molar-refractivity contribution < 1.29 is 9.18 Å². The van der Waals surface area contributed by atoms with Crippen molar-refractivity contribution in [2.45, 2.75) is 26.8 Å². The first-order chi connectivity index (χ1) is 8.00. The summed E-state index contributed by atoms with van der Waals surface area (Å²) in [6.07, 6.45) is 0. The lowest BCUT2D eigenvalue weighted by atomic mass is 9.93. The summed E-state index contributed by atoms with van der Waals surface area (Å²) < 4.78 is 13.7. The van der Waals surface area contributed by atoms with Crippen molar-refractivity contribution >= 4 is 5.91 Å². The van der Waals surface area contributed by atoms with E-state index in [1.54, 1.807) is 13.0 Å². The van der Waals surface area contributed by atoms with Gasteiger partial charge in [0.05, 0.1) is 12.6 Å². The molecular weight excluding hydrogens is 219 g/mol. The van der Waals surface area contributed by atoms with Crippen molar-refractivity contribution in [3.8, 4) is 0 Å². The maximum atomic E-state index is 13.7. The first-order valence-corrected chi connectivity index (χ1v) is 5.77. The zero-order valence-electron chi connectivity index (χ0n) is 10.4. The molecule has 17 heavy (non-hydrogen) atoms. The van der Waals surface area contributed by atoms with Gasteiger partial charge in [0.2, 0.25) is 5.91 Å². The lowest BCUT2D eigenvalue weighted by molar-refractivity contribution is -0.121. The molecule has 1 heterocycles. The van der Waals surface area contributed by atoms with Crippen LogP contribution in [0.3, 0.4) is 0 Å². The van der Waals surface area contributed by atoms with Gasteiger partial charge in [-0.15, -0.1) is 0 Å². The molecule has 2 N–H and O–H groups in total. The van der Waals surface area contributed by atoms with Crippen LogP contribution in [0.2, 0.25) is 0 Å². The number of hydrogen-bond donors (Lipinski definition) is 2. The molecule has 1 unspecified atom stereocenters. The average molecular weight is 236 g/mol. The second kappa shape index (κ2) is 4.45. The van der Waals surface area contributed by atoms with Crippen molar-refractivity contribution in [2.75, 3.05) is 13.1 Å². The van der Waals surface area contributed by atoms with Crippen LogP contribution in [0.25, 0.3) is 0 Å². The van der Waals surface area contributed by atoms with E-state index in [-0.39, 0.29) is 17.8 Å². The highest BCUT2D eigenvalue weighted by Gasteiger charge is 2.22. The topological polar surface area (TPSA) is 41.1 Å². The Morgan fingerprint density at radius 1 is 1.24 bits per heavy atom. The molecule has 1 saturated heterocycles. The fourth-order valence-electron chi connectivity index (χ4n) is 2.18. The lowest BCUT2D eigenvalue weighted by Gasteiger charge is -2.27. The summed E-state index contributed by atoms with van der Waals surface area (Å²) in [6, 6.07) is 1.58. The first-order valence-electron chi connectivity index (χ1n) is 5.77. The molecule has 3 nitrogen and oxygen atoms in total. The summed E-state index contributed by atoms with van der Waals surface area (Å²) in [5, 5.41) is 5.91. The zero-order chi connectivity index (χ0) is 12.6. The van der Waals surface area contributed by atoms with E-state index in [9.17, 15) is 9.18 Å². The Bertz CT molecular complexity index is 461. The Labute approximate surface area is 100 Å². The second-order valence-electron chi connectivity index (χ2n) is 4.56. The second-order valence-corrected chi connectivity index (χ2v) is 4.56. The molecular formula is C13H17FN2O. The monoisotopic (exact) mass is 236 g/mol. The SMILES string of the molecule is Cc1c(F)cc(C2CNC(=O)CN2)c(C)c1C. The molecule has 0 radical (unpaired) electrons. The number of rotatable bonds is 1. The van der Waals surface area contributed by atoms with E-state index >= 15 is 0 Å². The van der Waals surface area contributed by atoms with Gasteiger partial charge >= 0.3 is 0 Å². The highest BCUT2D eigenvalue weighted by atomic mass is 19.1. The van der Waals surface area contributed by atoms with Crippen LogP contribution < -0.4 is 10.6 Å². The van der Waals surface area contributed by atoms with Crippen LogP contribution in [0.15, 0.2) is 6.07 Å². The van der Waals surface area contributed by atoms with Crippen LogP contribution in [0, 0.1) is 26.6 Å².